The van der Waals surface area contributed by atoms with E-state index in [1.54, 1.807) is 6.07 Å². The first kappa shape index (κ1) is 10.3. The lowest BCUT2D eigenvalue weighted by atomic mass is 10.2. The van der Waals surface area contributed by atoms with Gasteiger partial charge in [-0.2, -0.15) is 0 Å². The fourth-order valence-electron chi connectivity index (χ4n) is 1.69. The Kier molecular flexibility index (Phi) is 2.15. The third kappa shape index (κ3) is 1.68. The van der Waals surface area contributed by atoms with E-state index in [1.165, 1.54) is 16.8 Å². The summed E-state index contributed by atoms with van der Waals surface area (Å²) in [4.78, 5) is 11.0. The number of fused-ring (bicyclic) bond motifs is 1. The summed E-state index contributed by atoms with van der Waals surface area (Å²) in [7, 11) is 0. The molecule has 1 aromatic carbocycles. The third-order valence-electron chi connectivity index (χ3n) is 2.78. The van der Waals surface area contributed by atoms with Gasteiger partial charge in [-0.1, -0.05) is 17.4 Å². The Morgan fingerprint density at radius 2 is 2.29 bits per heavy atom. The minimum absolute atomic E-state index is 0.0275. The summed E-state index contributed by atoms with van der Waals surface area (Å²) in [6.07, 6.45) is 2.13. The fourth-order valence-corrected chi connectivity index (χ4v) is 2.06. The minimum Gasteiger partial charge on any atom is -0.258 e. The lowest BCUT2D eigenvalue weighted by molar-refractivity contribution is -0.384. The van der Waals surface area contributed by atoms with Gasteiger partial charge in [-0.25, -0.2) is 4.68 Å². The lowest BCUT2D eigenvalue weighted by Gasteiger charge is -2.01. The predicted molar refractivity (Wildman–Crippen MR) is 64.9 cm³/mol. The lowest BCUT2D eigenvalue weighted by Crippen LogP contribution is -2.12. The maximum atomic E-state index is 10.7. The van der Waals surface area contributed by atoms with Crippen LogP contribution in [0.4, 0.5) is 5.69 Å². The molecule has 2 aromatic rings. The average molecular weight is 248 g/mol. The zero-order valence-electron chi connectivity index (χ0n) is 8.74. The van der Waals surface area contributed by atoms with Gasteiger partial charge in [0.05, 0.1) is 4.92 Å². The number of aromatic nitrogens is 3. The van der Waals surface area contributed by atoms with Crippen LogP contribution in [-0.4, -0.2) is 24.9 Å². The molecule has 0 radical (unpaired) electrons. The van der Waals surface area contributed by atoms with Gasteiger partial charge in [0.1, 0.15) is 16.0 Å². The highest BCUT2D eigenvalue weighted by molar-refractivity contribution is 7.80. The van der Waals surface area contributed by atoms with Gasteiger partial charge < -0.3 is 0 Å². The van der Waals surface area contributed by atoms with Crippen LogP contribution in [0.3, 0.4) is 0 Å². The number of nitro benzene ring substituents is 1. The minimum atomic E-state index is -0.434. The Bertz CT molecular complexity index is 632. The van der Waals surface area contributed by atoms with Crippen molar-refractivity contribution in [1.29, 1.82) is 0 Å². The summed E-state index contributed by atoms with van der Waals surface area (Å²) in [6.45, 7) is 0. The molecule has 0 N–H and O–H groups in total. The van der Waals surface area contributed by atoms with Gasteiger partial charge in [-0.3, -0.25) is 10.1 Å². The number of hydrogen-bond acceptors (Lipinski definition) is 5. The van der Waals surface area contributed by atoms with Crippen LogP contribution in [0.25, 0.3) is 11.0 Å². The molecular formula is C10H8N4O2S. The van der Waals surface area contributed by atoms with Crippen LogP contribution in [-0.2, 0) is 0 Å². The number of hydrogen-bond donors (Lipinski definition) is 0. The van der Waals surface area contributed by atoms with Crippen molar-refractivity contribution in [3.63, 3.8) is 0 Å². The molecule has 7 heteroatoms. The van der Waals surface area contributed by atoms with E-state index in [0.717, 1.165) is 12.8 Å². The topological polar surface area (TPSA) is 73.8 Å². The van der Waals surface area contributed by atoms with Crippen LogP contribution in [0.15, 0.2) is 18.2 Å². The van der Waals surface area contributed by atoms with Crippen molar-refractivity contribution >= 4 is 33.9 Å². The van der Waals surface area contributed by atoms with E-state index < -0.39 is 4.92 Å². The quantitative estimate of drug-likeness (QED) is 0.461. The van der Waals surface area contributed by atoms with Gasteiger partial charge >= 0.3 is 0 Å². The maximum Gasteiger partial charge on any atom is 0.271 e. The van der Waals surface area contributed by atoms with Gasteiger partial charge in [-0.05, 0) is 18.9 Å². The normalized spacial score (nSPS) is 15.1. The molecular weight excluding hydrogens is 240 g/mol. The maximum absolute atomic E-state index is 10.7. The molecule has 6 nitrogen and oxygen atoms in total. The first-order valence-electron chi connectivity index (χ1n) is 5.21. The molecule has 0 amide bonds. The van der Waals surface area contributed by atoms with E-state index >= 15 is 0 Å². The first-order valence-corrected chi connectivity index (χ1v) is 5.62. The van der Waals surface area contributed by atoms with Crippen molar-refractivity contribution in [2.75, 3.05) is 0 Å². The molecule has 1 aliphatic carbocycles. The highest BCUT2D eigenvalue weighted by Gasteiger charge is 2.29. The summed E-state index contributed by atoms with van der Waals surface area (Å²) >= 11 is 5.29. The van der Waals surface area contributed by atoms with Gasteiger partial charge in [0.15, 0.2) is 0 Å². The summed E-state index contributed by atoms with van der Waals surface area (Å²) < 4.78 is 1.54. The molecule has 86 valence electrons. The molecule has 1 heterocycles. The number of benzene rings is 1. The molecule has 1 fully saturated rings. The smallest absolute Gasteiger partial charge is 0.258 e. The van der Waals surface area contributed by atoms with Gasteiger partial charge in [0.25, 0.3) is 5.69 Å². The molecule has 0 saturated heterocycles. The van der Waals surface area contributed by atoms with Crippen LogP contribution >= 0.6 is 12.2 Å². The van der Waals surface area contributed by atoms with Gasteiger partial charge in [0, 0.05) is 18.1 Å². The van der Waals surface area contributed by atoms with Crippen molar-refractivity contribution in [1.82, 2.24) is 15.0 Å². The highest BCUT2D eigenvalue weighted by atomic mass is 32.1. The summed E-state index contributed by atoms with van der Waals surface area (Å²) in [5, 5.41) is 18.6. The van der Waals surface area contributed by atoms with E-state index in [4.69, 9.17) is 12.2 Å². The number of non-ortho nitro benzene ring substituents is 1. The second-order valence-corrected chi connectivity index (χ2v) is 4.46. The highest BCUT2D eigenvalue weighted by Crippen LogP contribution is 2.32. The van der Waals surface area contributed by atoms with Crippen LogP contribution in [0, 0.1) is 16.0 Å². The van der Waals surface area contributed by atoms with Crippen molar-refractivity contribution in [2.45, 2.75) is 12.8 Å². The number of nitro groups is 1. The Hall–Kier alpha value is -1.89. The molecule has 0 atom stereocenters. The molecule has 0 bridgehead atoms. The van der Waals surface area contributed by atoms with Crippen LogP contribution < -0.4 is 0 Å². The van der Waals surface area contributed by atoms with Crippen molar-refractivity contribution in [3.05, 3.63) is 28.3 Å². The third-order valence-corrected chi connectivity index (χ3v) is 3.28. The van der Waals surface area contributed by atoms with Crippen LogP contribution in [0.2, 0.25) is 0 Å². The average Bonchev–Trinajstić information content (AvgIpc) is 3.07. The number of rotatable bonds is 2. The Balaban J connectivity index is 2.15. The van der Waals surface area contributed by atoms with Crippen LogP contribution in [0.5, 0.6) is 0 Å². The zero-order valence-corrected chi connectivity index (χ0v) is 9.55. The molecule has 1 aliphatic rings. The van der Waals surface area contributed by atoms with Crippen molar-refractivity contribution in [3.8, 4) is 0 Å². The molecule has 1 saturated carbocycles. The van der Waals surface area contributed by atoms with E-state index in [-0.39, 0.29) is 5.69 Å². The molecule has 17 heavy (non-hydrogen) atoms. The molecule has 3 rings (SSSR count). The van der Waals surface area contributed by atoms with E-state index in [0.29, 0.717) is 21.9 Å². The first-order chi connectivity index (χ1) is 8.16. The second kappa shape index (κ2) is 3.56. The number of nitrogens with zero attached hydrogens (tertiary/aromatic N) is 4. The summed E-state index contributed by atoms with van der Waals surface area (Å²) in [5.74, 6) is 0.370. The largest absolute Gasteiger partial charge is 0.271 e. The van der Waals surface area contributed by atoms with E-state index in [2.05, 4.69) is 10.3 Å². The monoisotopic (exact) mass is 248 g/mol. The Morgan fingerprint density at radius 1 is 1.53 bits per heavy atom. The molecule has 0 spiro atoms. The predicted octanol–water partition coefficient (Wildman–Crippen LogP) is 1.93. The van der Waals surface area contributed by atoms with Crippen molar-refractivity contribution < 1.29 is 4.92 Å². The Morgan fingerprint density at radius 3 is 2.94 bits per heavy atom. The van der Waals surface area contributed by atoms with Gasteiger partial charge in [-0.15, -0.1) is 5.10 Å². The molecule has 0 aliphatic heterocycles. The van der Waals surface area contributed by atoms with Crippen LogP contribution in [0.1, 0.15) is 12.8 Å². The Labute approximate surface area is 101 Å². The molecule has 1 aromatic heterocycles. The summed E-state index contributed by atoms with van der Waals surface area (Å²) in [5.41, 5.74) is 1.26. The van der Waals surface area contributed by atoms with E-state index in [1.807, 2.05) is 0 Å². The van der Waals surface area contributed by atoms with Gasteiger partial charge in [0.2, 0.25) is 0 Å². The number of thiocarbonyl (C=S) groups is 1. The second-order valence-electron chi connectivity index (χ2n) is 4.04. The molecule has 0 unspecified atom stereocenters. The van der Waals surface area contributed by atoms with E-state index in [9.17, 15) is 10.1 Å². The zero-order chi connectivity index (χ0) is 12.0. The SMILES string of the molecule is O=[N+]([O-])c1ccc2nnn(C(=S)C3CC3)c2c1. The fraction of sp³-hybridized carbons (Fsp3) is 0.300. The van der Waals surface area contributed by atoms with Crippen molar-refractivity contribution in [2.24, 2.45) is 5.92 Å². The standard InChI is InChI=1S/C10H8N4O2S/c15-14(16)7-3-4-8-9(5-7)13(12-11-8)10(17)6-1-2-6/h3-6H,1-2H2. The summed E-state index contributed by atoms with van der Waals surface area (Å²) in [6, 6.07) is 4.47.